The summed E-state index contributed by atoms with van der Waals surface area (Å²) in [4.78, 5) is 31.0. The molecular formula is C21H18N4O4. The van der Waals surface area contributed by atoms with E-state index in [1.54, 1.807) is 48.7 Å². The lowest BCUT2D eigenvalue weighted by Gasteiger charge is -2.35. The van der Waals surface area contributed by atoms with Gasteiger partial charge in [0.05, 0.1) is 37.4 Å². The Kier molecular flexibility index (Phi) is 5.60. The zero-order valence-electron chi connectivity index (χ0n) is 15.8. The van der Waals surface area contributed by atoms with Gasteiger partial charge in [0.25, 0.3) is 0 Å². The van der Waals surface area contributed by atoms with Crippen LogP contribution in [0.2, 0.25) is 0 Å². The standard InChI is InChI=1S/C21H18N4O4/c1-28-20(26)17-16(13-7-6-10-24-12-13)15(11-22)19(23)25(18(17)21(27)29-2)14-8-4-3-5-9-14/h3-10,12,16H,23H2,1-2H3/t16-/m0/s1. The number of carbonyl (C=O) groups excluding carboxylic acids is 2. The number of esters is 2. The van der Waals surface area contributed by atoms with E-state index in [9.17, 15) is 14.9 Å². The first-order valence-electron chi connectivity index (χ1n) is 8.60. The number of nitrogens with two attached hydrogens (primary N) is 1. The van der Waals surface area contributed by atoms with Crippen LogP contribution in [0.5, 0.6) is 0 Å². The van der Waals surface area contributed by atoms with Gasteiger partial charge in [0, 0.05) is 18.1 Å². The Hall–Kier alpha value is -4.12. The van der Waals surface area contributed by atoms with Crippen molar-refractivity contribution in [3.8, 4) is 6.07 Å². The largest absolute Gasteiger partial charge is 0.466 e. The summed E-state index contributed by atoms with van der Waals surface area (Å²) in [7, 11) is 2.40. The van der Waals surface area contributed by atoms with Crippen LogP contribution in [0.4, 0.5) is 5.69 Å². The van der Waals surface area contributed by atoms with Crippen LogP contribution in [0.25, 0.3) is 0 Å². The van der Waals surface area contributed by atoms with Crippen molar-refractivity contribution in [1.29, 1.82) is 5.26 Å². The van der Waals surface area contributed by atoms with Crippen LogP contribution < -0.4 is 10.6 Å². The van der Waals surface area contributed by atoms with Crippen LogP contribution >= 0.6 is 0 Å². The van der Waals surface area contributed by atoms with Crippen LogP contribution in [0.15, 0.2) is 77.5 Å². The van der Waals surface area contributed by atoms with Crippen LogP contribution in [-0.4, -0.2) is 31.1 Å². The molecule has 1 aromatic carbocycles. The summed E-state index contributed by atoms with van der Waals surface area (Å²) in [5.74, 6) is -2.49. The Morgan fingerprint density at radius 1 is 1.10 bits per heavy atom. The summed E-state index contributed by atoms with van der Waals surface area (Å²) in [5, 5.41) is 9.89. The van der Waals surface area contributed by atoms with Crippen molar-refractivity contribution < 1.29 is 19.1 Å². The number of hydrogen-bond acceptors (Lipinski definition) is 8. The summed E-state index contributed by atoms with van der Waals surface area (Å²) in [6, 6.07) is 14.1. The van der Waals surface area contributed by atoms with Gasteiger partial charge >= 0.3 is 11.9 Å². The second-order valence-electron chi connectivity index (χ2n) is 6.05. The molecule has 0 saturated carbocycles. The van der Waals surface area contributed by atoms with Crippen LogP contribution in [0.3, 0.4) is 0 Å². The molecule has 2 N–H and O–H groups in total. The zero-order chi connectivity index (χ0) is 21.0. The number of hydrogen-bond donors (Lipinski definition) is 1. The lowest BCUT2D eigenvalue weighted by Crippen LogP contribution is -2.40. The number of para-hydroxylation sites is 1. The van der Waals surface area contributed by atoms with E-state index in [0.717, 1.165) is 0 Å². The maximum atomic E-state index is 12.8. The number of nitrogens with zero attached hydrogens (tertiary/aromatic N) is 3. The molecule has 0 bridgehead atoms. The predicted octanol–water partition coefficient (Wildman–Crippen LogP) is 1.98. The van der Waals surface area contributed by atoms with Gasteiger partial charge in [0.2, 0.25) is 0 Å². The average Bonchev–Trinajstić information content (AvgIpc) is 2.78. The van der Waals surface area contributed by atoms with Gasteiger partial charge in [-0.15, -0.1) is 0 Å². The zero-order valence-corrected chi connectivity index (χ0v) is 15.8. The molecule has 0 unspecified atom stereocenters. The van der Waals surface area contributed by atoms with Crippen molar-refractivity contribution in [1.82, 2.24) is 4.98 Å². The molecular weight excluding hydrogens is 372 g/mol. The van der Waals surface area contributed by atoms with Crippen molar-refractivity contribution in [2.45, 2.75) is 5.92 Å². The van der Waals surface area contributed by atoms with E-state index in [0.29, 0.717) is 11.3 Å². The third kappa shape index (κ3) is 3.41. The molecule has 29 heavy (non-hydrogen) atoms. The fourth-order valence-corrected chi connectivity index (χ4v) is 3.26. The lowest BCUT2D eigenvalue weighted by atomic mass is 9.81. The van der Waals surface area contributed by atoms with Crippen LogP contribution in [0, 0.1) is 11.3 Å². The number of benzene rings is 1. The SMILES string of the molecule is COC(=O)C1=C(C(=O)OC)N(c2ccccc2)C(N)=C(C#N)[C@@H]1c1cccnc1. The Morgan fingerprint density at radius 2 is 1.79 bits per heavy atom. The molecule has 1 atom stereocenters. The first-order valence-corrected chi connectivity index (χ1v) is 8.60. The van der Waals surface area contributed by atoms with Crippen molar-refractivity contribution in [2.75, 3.05) is 19.1 Å². The molecule has 146 valence electrons. The van der Waals surface area contributed by atoms with Crippen LogP contribution in [-0.2, 0) is 19.1 Å². The van der Waals surface area contributed by atoms with Crippen LogP contribution in [0.1, 0.15) is 11.5 Å². The van der Waals surface area contributed by atoms with Gasteiger partial charge in [-0.2, -0.15) is 5.26 Å². The van der Waals surface area contributed by atoms with E-state index in [-0.39, 0.29) is 22.7 Å². The summed E-state index contributed by atoms with van der Waals surface area (Å²) >= 11 is 0. The Bertz CT molecular complexity index is 1040. The van der Waals surface area contributed by atoms with Gasteiger partial charge in [-0.05, 0) is 23.8 Å². The number of allylic oxidation sites excluding steroid dienone is 1. The highest BCUT2D eigenvalue weighted by Crippen LogP contribution is 2.42. The van der Waals surface area contributed by atoms with Gasteiger partial charge in [0.1, 0.15) is 11.5 Å². The number of anilines is 1. The summed E-state index contributed by atoms with van der Waals surface area (Å²) in [6.45, 7) is 0. The van der Waals surface area contributed by atoms with Gasteiger partial charge in [-0.25, -0.2) is 9.59 Å². The average molecular weight is 390 g/mol. The molecule has 0 aliphatic carbocycles. The number of nitriles is 1. The summed E-state index contributed by atoms with van der Waals surface area (Å²) in [5.41, 5.74) is 7.28. The minimum Gasteiger partial charge on any atom is -0.466 e. The lowest BCUT2D eigenvalue weighted by molar-refractivity contribution is -0.139. The van der Waals surface area contributed by atoms with E-state index in [1.807, 2.05) is 0 Å². The van der Waals surface area contributed by atoms with E-state index in [4.69, 9.17) is 15.2 Å². The molecule has 1 aliphatic rings. The molecule has 2 aromatic rings. The van der Waals surface area contributed by atoms with Crippen molar-refractivity contribution >= 4 is 17.6 Å². The fraction of sp³-hybridized carbons (Fsp3) is 0.143. The number of pyridine rings is 1. The predicted molar refractivity (Wildman–Crippen MR) is 104 cm³/mol. The second-order valence-corrected chi connectivity index (χ2v) is 6.05. The maximum Gasteiger partial charge on any atom is 0.355 e. The van der Waals surface area contributed by atoms with Gasteiger partial charge < -0.3 is 15.2 Å². The quantitative estimate of drug-likeness (QED) is 0.787. The summed E-state index contributed by atoms with van der Waals surface area (Å²) in [6.07, 6.45) is 3.07. The number of methoxy groups -OCH3 is 2. The topological polar surface area (TPSA) is 119 Å². The minimum absolute atomic E-state index is 0.0145. The molecule has 0 saturated heterocycles. The Balaban J connectivity index is 2.40. The van der Waals surface area contributed by atoms with E-state index < -0.39 is 17.9 Å². The molecule has 0 radical (unpaired) electrons. The molecule has 1 aromatic heterocycles. The first-order chi connectivity index (χ1) is 14.0. The van der Waals surface area contributed by atoms with E-state index in [1.165, 1.54) is 25.3 Å². The summed E-state index contributed by atoms with van der Waals surface area (Å²) < 4.78 is 9.90. The molecule has 0 fully saturated rings. The van der Waals surface area contributed by atoms with E-state index in [2.05, 4.69) is 11.1 Å². The highest BCUT2D eigenvalue weighted by molar-refractivity contribution is 6.06. The molecule has 8 heteroatoms. The van der Waals surface area contributed by atoms with Gasteiger partial charge in [-0.3, -0.25) is 9.88 Å². The smallest absolute Gasteiger partial charge is 0.355 e. The normalized spacial score (nSPS) is 16.3. The second kappa shape index (κ2) is 8.27. The Labute approximate surface area is 167 Å². The van der Waals surface area contributed by atoms with Crippen molar-refractivity contribution in [2.24, 2.45) is 5.73 Å². The van der Waals surface area contributed by atoms with Gasteiger partial charge in [-0.1, -0.05) is 24.3 Å². The third-order valence-electron chi connectivity index (χ3n) is 4.51. The monoisotopic (exact) mass is 390 g/mol. The van der Waals surface area contributed by atoms with Crippen molar-refractivity contribution in [3.05, 3.63) is 83.1 Å². The highest BCUT2D eigenvalue weighted by Gasteiger charge is 2.43. The van der Waals surface area contributed by atoms with Gasteiger partial charge in [0.15, 0.2) is 0 Å². The number of rotatable bonds is 4. The minimum atomic E-state index is -0.935. The first kappa shape index (κ1) is 19.6. The number of aromatic nitrogens is 1. The number of ether oxygens (including phenoxy) is 2. The number of carbonyl (C=O) groups is 2. The van der Waals surface area contributed by atoms with Crippen molar-refractivity contribution in [3.63, 3.8) is 0 Å². The highest BCUT2D eigenvalue weighted by atomic mass is 16.5. The Morgan fingerprint density at radius 3 is 2.34 bits per heavy atom. The fourth-order valence-electron chi connectivity index (χ4n) is 3.26. The molecule has 2 heterocycles. The van der Waals surface area contributed by atoms with E-state index >= 15 is 0 Å². The molecule has 1 aliphatic heterocycles. The molecule has 0 spiro atoms. The molecule has 8 nitrogen and oxygen atoms in total. The molecule has 0 amide bonds. The molecule has 3 rings (SSSR count). The maximum absolute atomic E-state index is 12.8. The third-order valence-corrected chi connectivity index (χ3v) is 4.51.